The monoisotopic (exact) mass is 246 g/mol. The van der Waals surface area contributed by atoms with E-state index in [4.69, 9.17) is 9.72 Å². The molecule has 3 heterocycles. The Bertz CT molecular complexity index is 491. The van der Waals surface area contributed by atoms with E-state index >= 15 is 0 Å². The number of hydrogen-bond acceptors (Lipinski definition) is 3. The molecule has 3 rings (SSSR count). The molecule has 0 atom stereocenters. The summed E-state index contributed by atoms with van der Waals surface area (Å²) in [7, 11) is 0. The van der Waals surface area contributed by atoms with E-state index < -0.39 is 0 Å². The number of carbonyl (C=O) groups excluding carboxylic acids is 1. The zero-order valence-corrected chi connectivity index (χ0v) is 10.9. The van der Waals surface area contributed by atoms with Crippen molar-refractivity contribution in [1.82, 2.24) is 9.88 Å². The number of ether oxygens (including phenoxy) is 1. The fourth-order valence-corrected chi connectivity index (χ4v) is 2.92. The molecular formula is C14H18N2O2. The van der Waals surface area contributed by atoms with Gasteiger partial charge in [0.15, 0.2) is 0 Å². The zero-order chi connectivity index (χ0) is 12.8. The van der Waals surface area contributed by atoms with Crippen LogP contribution in [0, 0.1) is 13.8 Å². The highest BCUT2D eigenvalue weighted by molar-refractivity contribution is 5.47. The summed E-state index contributed by atoms with van der Waals surface area (Å²) in [5, 5.41) is 0. The normalized spacial score (nSPS) is 21.1. The Balaban J connectivity index is 1.95. The lowest BCUT2D eigenvalue weighted by atomic mass is 9.87. The minimum absolute atomic E-state index is 0.243. The van der Waals surface area contributed by atoms with Gasteiger partial charge < -0.3 is 9.64 Å². The summed E-state index contributed by atoms with van der Waals surface area (Å²) >= 11 is 0. The van der Waals surface area contributed by atoms with Gasteiger partial charge in [0.2, 0.25) is 6.41 Å². The number of hydrogen-bond donors (Lipinski definition) is 0. The molecule has 1 saturated heterocycles. The van der Waals surface area contributed by atoms with Crippen LogP contribution in [0.25, 0.3) is 0 Å². The molecule has 0 saturated carbocycles. The van der Waals surface area contributed by atoms with Gasteiger partial charge in [-0.05, 0) is 32.3 Å². The van der Waals surface area contributed by atoms with Gasteiger partial charge in [-0.1, -0.05) is 6.07 Å². The van der Waals surface area contributed by atoms with Crippen molar-refractivity contribution in [3.63, 3.8) is 0 Å². The third-order valence-corrected chi connectivity index (χ3v) is 4.24. The van der Waals surface area contributed by atoms with Crippen LogP contribution in [0.2, 0.25) is 0 Å². The first kappa shape index (κ1) is 11.7. The molecule has 1 spiro atoms. The van der Waals surface area contributed by atoms with E-state index in [9.17, 15) is 4.79 Å². The lowest BCUT2D eigenvalue weighted by Crippen LogP contribution is -2.42. The van der Waals surface area contributed by atoms with Crippen molar-refractivity contribution < 1.29 is 9.53 Å². The maximum absolute atomic E-state index is 10.8. The molecule has 18 heavy (non-hydrogen) atoms. The third-order valence-electron chi connectivity index (χ3n) is 4.24. The number of nitrogens with zero attached hydrogens (tertiary/aromatic N) is 2. The van der Waals surface area contributed by atoms with Crippen LogP contribution in [0.1, 0.15) is 35.4 Å². The van der Waals surface area contributed by atoms with Crippen molar-refractivity contribution in [3.05, 3.63) is 28.6 Å². The van der Waals surface area contributed by atoms with E-state index in [0.717, 1.165) is 43.7 Å². The lowest BCUT2D eigenvalue weighted by molar-refractivity contribution is -0.126. The Morgan fingerprint density at radius 2 is 2.11 bits per heavy atom. The van der Waals surface area contributed by atoms with Gasteiger partial charge in [-0.3, -0.25) is 9.78 Å². The molecule has 0 unspecified atom stereocenters. The molecule has 96 valence electrons. The molecule has 0 radical (unpaired) electrons. The standard InChI is InChI=1S/C14H18N2O2/c1-10-7-12-8-18-14(13(12)15-11(10)2)3-5-16(9-17)6-4-14/h7,9H,3-6,8H2,1-2H3. The minimum atomic E-state index is -0.243. The van der Waals surface area contributed by atoms with Crippen LogP contribution in [-0.4, -0.2) is 29.4 Å². The fraction of sp³-hybridized carbons (Fsp3) is 0.571. The molecule has 0 aromatic carbocycles. The van der Waals surface area contributed by atoms with Gasteiger partial charge in [0, 0.05) is 24.3 Å². The summed E-state index contributed by atoms with van der Waals surface area (Å²) in [5.74, 6) is 0. The van der Waals surface area contributed by atoms with Crippen LogP contribution in [0.5, 0.6) is 0 Å². The number of aryl methyl sites for hydroxylation is 2. The predicted molar refractivity (Wildman–Crippen MR) is 67.0 cm³/mol. The van der Waals surface area contributed by atoms with Crippen molar-refractivity contribution in [2.75, 3.05) is 13.1 Å². The summed E-state index contributed by atoms with van der Waals surface area (Å²) in [6.45, 7) is 6.31. The van der Waals surface area contributed by atoms with Crippen molar-refractivity contribution in [2.45, 2.75) is 38.9 Å². The van der Waals surface area contributed by atoms with E-state index in [1.54, 1.807) is 0 Å². The maximum atomic E-state index is 10.8. The van der Waals surface area contributed by atoms with Crippen molar-refractivity contribution in [3.8, 4) is 0 Å². The molecule has 4 nitrogen and oxygen atoms in total. The average molecular weight is 246 g/mol. The average Bonchev–Trinajstić information content (AvgIpc) is 2.70. The SMILES string of the molecule is Cc1cc2c(nc1C)C1(CCN(C=O)CC1)OC2. The summed E-state index contributed by atoms with van der Waals surface area (Å²) in [6.07, 6.45) is 2.64. The largest absolute Gasteiger partial charge is 0.364 e. The molecule has 1 amide bonds. The number of piperidine rings is 1. The number of likely N-dealkylation sites (tertiary alicyclic amines) is 1. The van der Waals surface area contributed by atoms with E-state index in [2.05, 4.69) is 13.0 Å². The van der Waals surface area contributed by atoms with E-state index in [-0.39, 0.29) is 5.60 Å². The fourth-order valence-electron chi connectivity index (χ4n) is 2.92. The van der Waals surface area contributed by atoms with Crippen LogP contribution < -0.4 is 0 Å². The molecular weight excluding hydrogens is 228 g/mol. The number of fused-ring (bicyclic) bond motifs is 2. The number of carbonyl (C=O) groups is 1. The highest BCUT2D eigenvalue weighted by Crippen LogP contribution is 2.43. The Hall–Kier alpha value is -1.42. The molecule has 1 fully saturated rings. The second-order valence-electron chi connectivity index (χ2n) is 5.32. The van der Waals surface area contributed by atoms with E-state index in [1.807, 2.05) is 11.8 Å². The molecule has 1 aromatic rings. The molecule has 2 aliphatic heterocycles. The molecule has 0 N–H and O–H groups in total. The quantitative estimate of drug-likeness (QED) is 0.708. The Kier molecular flexibility index (Phi) is 2.63. The third kappa shape index (κ3) is 1.63. The summed E-state index contributed by atoms with van der Waals surface area (Å²) in [4.78, 5) is 17.3. The molecule has 1 aromatic heterocycles. The molecule has 2 aliphatic rings. The van der Waals surface area contributed by atoms with Crippen LogP contribution >= 0.6 is 0 Å². The molecule has 0 bridgehead atoms. The smallest absolute Gasteiger partial charge is 0.209 e. The molecule has 0 aliphatic carbocycles. The van der Waals surface area contributed by atoms with Crippen LogP contribution in [0.3, 0.4) is 0 Å². The number of amides is 1. The first-order valence-corrected chi connectivity index (χ1v) is 6.45. The van der Waals surface area contributed by atoms with Crippen LogP contribution in [0.4, 0.5) is 0 Å². The number of aromatic nitrogens is 1. The topological polar surface area (TPSA) is 42.4 Å². The van der Waals surface area contributed by atoms with E-state index in [0.29, 0.717) is 6.61 Å². The summed E-state index contributed by atoms with van der Waals surface area (Å²) in [6, 6.07) is 2.19. The van der Waals surface area contributed by atoms with Gasteiger partial charge in [0.25, 0.3) is 0 Å². The van der Waals surface area contributed by atoms with Gasteiger partial charge in [-0.15, -0.1) is 0 Å². The van der Waals surface area contributed by atoms with Crippen molar-refractivity contribution >= 4 is 6.41 Å². The van der Waals surface area contributed by atoms with E-state index in [1.165, 1.54) is 11.1 Å². The van der Waals surface area contributed by atoms with Gasteiger partial charge >= 0.3 is 0 Å². The predicted octanol–water partition coefficient (Wildman–Crippen LogP) is 1.68. The van der Waals surface area contributed by atoms with Crippen molar-refractivity contribution in [2.24, 2.45) is 0 Å². The highest BCUT2D eigenvalue weighted by Gasteiger charge is 2.44. The Morgan fingerprint density at radius 3 is 2.78 bits per heavy atom. The van der Waals surface area contributed by atoms with Crippen LogP contribution in [0.15, 0.2) is 6.07 Å². The van der Waals surface area contributed by atoms with Crippen molar-refractivity contribution in [1.29, 1.82) is 0 Å². The number of pyridine rings is 1. The summed E-state index contributed by atoms with van der Waals surface area (Å²) in [5.41, 5.74) is 4.39. The Labute approximate surface area is 107 Å². The Morgan fingerprint density at radius 1 is 1.39 bits per heavy atom. The highest BCUT2D eigenvalue weighted by atomic mass is 16.5. The second-order valence-corrected chi connectivity index (χ2v) is 5.32. The van der Waals surface area contributed by atoms with Gasteiger partial charge in [-0.2, -0.15) is 0 Å². The number of rotatable bonds is 1. The first-order valence-electron chi connectivity index (χ1n) is 6.45. The first-order chi connectivity index (χ1) is 8.64. The second kappa shape index (κ2) is 4.05. The lowest BCUT2D eigenvalue weighted by Gasteiger charge is -2.37. The van der Waals surface area contributed by atoms with Gasteiger partial charge in [-0.25, -0.2) is 0 Å². The maximum Gasteiger partial charge on any atom is 0.209 e. The van der Waals surface area contributed by atoms with Gasteiger partial charge in [0.05, 0.1) is 12.3 Å². The minimum Gasteiger partial charge on any atom is -0.364 e. The summed E-state index contributed by atoms with van der Waals surface area (Å²) < 4.78 is 6.05. The van der Waals surface area contributed by atoms with Crippen LogP contribution in [-0.2, 0) is 21.7 Å². The zero-order valence-electron chi connectivity index (χ0n) is 10.9. The molecule has 4 heteroatoms. The van der Waals surface area contributed by atoms with Gasteiger partial charge in [0.1, 0.15) is 5.60 Å².